The van der Waals surface area contributed by atoms with Crippen LogP contribution in [0, 0.1) is 0 Å². The highest BCUT2D eigenvalue weighted by atomic mass is 16.5. The van der Waals surface area contributed by atoms with Gasteiger partial charge in [-0.2, -0.15) is 0 Å². The summed E-state index contributed by atoms with van der Waals surface area (Å²) in [5.41, 5.74) is 0. The number of nitrogens with zero attached hydrogens (tertiary/aromatic N) is 4. The van der Waals surface area contributed by atoms with Crippen LogP contribution < -0.4 is 4.90 Å². The second kappa shape index (κ2) is 5.44. The molecule has 0 aromatic carbocycles. The van der Waals surface area contributed by atoms with Crippen LogP contribution in [0.2, 0.25) is 0 Å². The van der Waals surface area contributed by atoms with Gasteiger partial charge in [0.05, 0.1) is 7.11 Å². The molecule has 1 aromatic heterocycles. The lowest BCUT2D eigenvalue weighted by molar-refractivity contribution is -0.158. The van der Waals surface area contributed by atoms with Crippen molar-refractivity contribution in [3.05, 3.63) is 18.5 Å². The van der Waals surface area contributed by atoms with E-state index in [4.69, 9.17) is 0 Å². The van der Waals surface area contributed by atoms with E-state index in [1.165, 1.54) is 12.0 Å². The van der Waals surface area contributed by atoms with Crippen LogP contribution in [0.4, 0.5) is 5.95 Å². The van der Waals surface area contributed by atoms with Crippen LogP contribution >= 0.6 is 0 Å². The lowest BCUT2D eigenvalue weighted by Gasteiger charge is -2.33. The molecule has 7 heteroatoms. The number of amides is 1. The first-order valence-electron chi connectivity index (χ1n) is 5.61. The summed E-state index contributed by atoms with van der Waals surface area (Å²) < 4.78 is 4.41. The molecule has 1 aliphatic heterocycles. The van der Waals surface area contributed by atoms with Crippen molar-refractivity contribution in [2.45, 2.75) is 0 Å². The first-order valence-corrected chi connectivity index (χ1v) is 5.61. The molecule has 1 amide bonds. The molecule has 1 aromatic rings. The third-order valence-corrected chi connectivity index (χ3v) is 2.76. The fraction of sp³-hybridized carbons (Fsp3) is 0.455. The zero-order valence-electron chi connectivity index (χ0n) is 10.1. The SMILES string of the molecule is COC(=O)C(=O)N1CCN(c2ncccn2)CC1. The van der Waals surface area contributed by atoms with Gasteiger partial charge in [0.25, 0.3) is 0 Å². The highest BCUT2D eigenvalue weighted by molar-refractivity contribution is 6.32. The van der Waals surface area contributed by atoms with Gasteiger partial charge in [-0.25, -0.2) is 14.8 Å². The first-order chi connectivity index (χ1) is 8.72. The smallest absolute Gasteiger partial charge is 0.396 e. The van der Waals surface area contributed by atoms with Crippen LogP contribution in [0.15, 0.2) is 18.5 Å². The highest BCUT2D eigenvalue weighted by Gasteiger charge is 2.27. The number of carbonyl (C=O) groups excluding carboxylic acids is 2. The summed E-state index contributed by atoms with van der Waals surface area (Å²) in [6.07, 6.45) is 3.35. The Morgan fingerprint density at radius 1 is 1.17 bits per heavy atom. The Kier molecular flexibility index (Phi) is 3.71. The number of aromatic nitrogens is 2. The van der Waals surface area contributed by atoms with E-state index in [0.29, 0.717) is 32.1 Å². The summed E-state index contributed by atoms with van der Waals surface area (Å²) in [5.74, 6) is -0.770. The average molecular weight is 250 g/mol. The number of esters is 1. The lowest BCUT2D eigenvalue weighted by atomic mass is 10.3. The molecule has 0 radical (unpaired) electrons. The van der Waals surface area contributed by atoms with E-state index in [2.05, 4.69) is 14.7 Å². The predicted molar refractivity (Wildman–Crippen MR) is 62.8 cm³/mol. The largest absolute Gasteiger partial charge is 0.462 e. The topological polar surface area (TPSA) is 75.6 Å². The van der Waals surface area contributed by atoms with E-state index in [-0.39, 0.29) is 0 Å². The monoisotopic (exact) mass is 250 g/mol. The molecule has 2 rings (SSSR count). The molecule has 1 fully saturated rings. The van der Waals surface area contributed by atoms with Gasteiger partial charge in [0.2, 0.25) is 5.95 Å². The Bertz CT molecular complexity index is 429. The zero-order chi connectivity index (χ0) is 13.0. The van der Waals surface area contributed by atoms with Crippen LogP contribution in [0.1, 0.15) is 0 Å². The maximum absolute atomic E-state index is 11.6. The Hall–Kier alpha value is -2.18. The molecule has 2 heterocycles. The van der Waals surface area contributed by atoms with Crippen molar-refractivity contribution in [2.24, 2.45) is 0 Å². The van der Waals surface area contributed by atoms with Crippen molar-refractivity contribution in [1.82, 2.24) is 14.9 Å². The summed E-state index contributed by atoms with van der Waals surface area (Å²) >= 11 is 0. The second-order valence-electron chi connectivity index (χ2n) is 3.82. The van der Waals surface area contributed by atoms with Crippen molar-refractivity contribution < 1.29 is 14.3 Å². The quantitative estimate of drug-likeness (QED) is 0.484. The lowest BCUT2D eigenvalue weighted by Crippen LogP contribution is -2.51. The normalized spacial score (nSPS) is 15.4. The molecule has 1 saturated heterocycles. The van der Waals surface area contributed by atoms with Crippen LogP contribution in [-0.2, 0) is 14.3 Å². The standard InChI is InChI=1S/C11H14N4O3/c1-18-10(17)9(16)14-5-7-15(8-6-14)11-12-3-2-4-13-11/h2-4H,5-8H2,1H3. The fourth-order valence-electron chi connectivity index (χ4n) is 1.78. The third-order valence-electron chi connectivity index (χ3n) is 2.76. The molecular formula is C11H14N4O3. The summed E-state index contributed by atoms with van der Waals surface area (Å²) in [5, 5.41) is 0. The van der Waals surface area contributed by atoms with E-state index in [1.54, 1.807) is 18.5 Å². The van der Waals surface area contributed by atoms with Gasteiger partial charge in [0, 0.05) is 38.6 Å². The van der Waals surface area contributed by atoms with E-state index in [9.17, 15) is 9.59 Å². The van der Waals surface area contributed by atoms with Gasteiger partial charge in [0.1, 0.15) is 0 Å². The fourth-order valence-corrected chi connectivity index (χ4v) is 1.78. The maximum atomic E-state index is 11.6. The third kappa shape index (κ3) is 2.55. The van der Waals surface area contributed by atoms with Crippen molar-refractivity contribution in [2.75, 3.05) is 38.2 Å². The minimum atomic E-state index is -0.820. The van der Waals surface area contributed by atoms with E-state index in [0.717, 1.165) is 0 Å². The second-order valence-corrected chi connectivity index (χ2v) is 3.82. The summed E-state index contributed by atoms with van der Waals surface area (Å²) in [6, 6.07) is 1.75. The number of carbonyl (C=O) groups is 2. The minimum absolute atomic E-state index is 0.464. The predicted octanol–water partition coefficient (Wildman–Crippen LogP) is -0.702. The Labute approximate surface area is 104 Å². The molecule has 1 aliphatic rings. The van der Waals surface area contributed by atoms with Gasteiger partial charge in [-0.3, -0.25) is 4.79 Å². The molecule has 0 unspecified atom stereocenters. The number of methoxy groups -OCH3 is 1. The van der Waals surface area contributed by atoms with Crippen LogP contribution in [0.25, 0.3) is 0 Å². The number of hydrogen-bond acceptors (Lipinski definition) is 6. The van der Waals surface area contributed by atoms with E-state index in [1.807, 2.05) is 4.90 Å². The molecule has 0 aliphatic carbocycles. The molecule has 0 spiro atoms. The Morgan fingerprint density at radius 2 is 1.78 bits per heavy atom. The van der Waals surface area contributed by atoms with E-state index >= 15 is 0 Å². The molecule has 0 atom stereocenters. The molecule has 7 nitrogen and oxygen atoms in total. The van der Waals surface area contributed by atoms with Crippen LogP contribution in [0.5, 0.6) is 0 Å². The number of hydrogen-bond donors (Lipinski definition) is 0. The molecule has 18 heavy (non-hydrogen) atoms. The number of ether oxygens (including phenoxy) is 1. The minimum Gasteiger partial charge on any atom is -0.462 e. The molecule has 0 N–H and O–H groups in total. The number of rotatable bonds is 1. The highest BCUT2D eigenvalue weighted by Crippen LogP contribution is 2.09. The number of piperazine rings is 1. The number of anilines is 1. The van der Waals surface area contributed by atoms with Gasteiger partial charge < -0.3 is 14.5 Å². The van der Waals surface area contributed by atoms with Crippen molar-refractivity contribution in [3.63, 3.8) is 0 Å². The summed E-state index contributed by atoms with van der Waals surface area (Å²) in [6.45, 7) is 2.14. The molecular weight excluding hydrogens is 236 g/mol. The van der Waals surface area contributed by atoms with Gasteiger partial charge in [-0.05, 0) is 6.07 Å². The zero-order valence-corrected chi connectivity index (χ0v) is 10.1. The van der Waals surface area contributed by atoms with Gasteiger partial charge in [0.15, 0.2) is 0 Å². The van der Waals surface area contributed by atoms with Crippen LogP contribution in [0.3, 0.4) is 0 Å². The first kappa shape index (κ1) is 12.3. The molecule has 96 valence electrons. The Balaban J connectivity index is 1.92. The maximum Gasteiger partial charge on any atom is 0.396 e. The van der Waals surface area contributed by atoms with Gasteiger partial charge in [-0.15, -0.1) is 0 Å². The van der Waals surface area contributed by atoms with Crippen LogP contribution in [-0.4, -0.2) is 60.0 Å². The molecule has 0 bridgehead atoms. The average Bonchev–Trinajstić information content (AvgIpc) is 2.47. The van der Waals surface area contributed by atoms with Crippen molar-refractivity contribution >= 4 is 17.8 Å². The molecule has 0 saturated carbocycles. The Morgan fingerprint density at radius 3 is 2.33 bits per heavy atom. The van der Waals surface area contributed by atoms with E-state index < -0.39 is 11.9 Å². The summed E-state index contributed by atoms with van der Waals surface area (Å²) in [7, 11) is 1.20. The van der Waals surface area contributed by atoms with Gasteiger partial charge in [-0.1, -0.05) is 0 Å². The van der Waals surface area contributed by atoms with Gasteiger partial charge >= 0.3 is 11.9 Å². The van der Waals surface area contributed by atoms with Crippen molar-refractivity contribution in [3.8, 4) is 0 Å². The summed E-state index contributed by atoms with van der Waals surface area (Å²) in [4.78, 5) is 34.4. The van der Waals surface area contributed by atoms with Crippen molar-refractivity contribution in [1.29, 1.82) is 0 Å².